The van der Waals surface area contributed by atoms with E-state index in [2.05, 4.69) is 11.4 Å². The highest BCUT2D eigenvalue weighted by Crippen LogP contribution is 2.39. The summed E-state index contributed by atoms with van der Waals surface area (Å²) in [7, 11) is 0. The lowest BCUT2D eigenvalue weighted by Crippen LogP contribution is -2.36. The number of hydrogen-bond acceptors (Lipinski definition) is 6. The van der Waals surface area contributed by atoms with Crippen molar-refractivity contribution >= 4 is 74.6 Å². The average molecular weight is 608 g/mol. The first-order valence-corrected chi connectivity index (χ1v) is 14.3. The predicted molar refractivity (Wildman–Crippen MR) is 164 cm³/mol. The number of hydrogen-bond donors (Lipinski definition) is 1. The highest BCUT2D eigenvalue weighted by molar-refractivity contribution is 8.18. The topological polar surface area (TPSA) is 84.9 Å². The summed E-state index contributed by atoms with van der Waals surface area (Å²) >= 11 is 13.4. The summed E-state index contributed by atoms with van der Waals surface area (Å²) in [5, 5.41) is 4.95. The Morgan fingerprint density at radius 2 is 1.68 bits per heavy atom. The van der Waals surface area contributed by atoms with Crippen molar-refractivity contribution in [3.63, 3.8) is 0 Å². The third-order valence-corrected chi connectivity index (χ3v) is 7.67. The first-order chi connectivity index (χ1) is 19.8. The van der Waals surface area contributed by atoms with Crippen molar-refractivity contribution in [3.05, 3.63) is 105 Å². The van der Waals surface area contributed by atoms with Gasteiger partial charge in [-0.15, -0.1) is 0 Å². The molecule has 7 nitrogen and oxygen atoms in total. The minimum atomic E-state index is -0.583. The van der Waals surface area contributed by atoms with E-state index in [-0.39, 0.29) is 11.5 Å². The number of para-hydroxylation sites is 1. The van der Waals surface area contributed by atoms with Gasteiger partial charge >= 0.3 is 0 Å². The Morgan fingerprint density at radius 3 is 2.46 bits per heavy atom. The van der Waals surface area contributed by atoms with Crippen molar-refractivity contribution in [2.45, 2.75) is 13.5 Å². The summed E-state index contributed by atoms with van der Waals surface area (Å²) in [5.74, 6) is -0.343. The fourth-order valence-electron chi connectivity index (χ4n) is 4.24. The van der Waals surface area contributed by atoms with Crippen LogP contribution in [0, 0.1) is 0 Å². The van der Waals surface area contributed by atoms with Crippen LogP contribution in [0.4, 0.5) is 10.5 Å². The summed E-state index contributed by atoms with van der Waals surface area (Å²) in [6.07, 6.45) is 1.54. The van der Waals surface area contributed by atoms with Crippen LogP contribution < -0.4 is 14.8 Å². The first kappa shape index (κ1) is 28.5. The summed E-state index contributed by atoms with van der Waals surface area (Å²) in [6, 6.07) is 24.2. The second-order valence-corrected chi connectivity index (χ2v) is 10.8. The van der Waals surface area contributed by atoms with Crippen LogP contribution in [0.15, 0.2) is 83.8 Å². The SMILES string of the molecule is CCOc1cc(/C=C2/SC(=O)N(CC(=O)Nc3ccccc3Cl)C2=O)cc(Cl)c1OCc1ccc2ccccc2c1. The summed E-state index contributed by atoms with van der Waals surface area (Å²) < 4.78 is 11.9. The fourth-order valence-corrected chi connectivity index (χ4v) is 5.54. The normalized spacial score (nSPS) is 14.1. The van der Waals surface area contributed by atoms with Gasteiger partial charge in [-0.2, -0.15) is 0 Å². The van der Waals surface area contributed by atoms with E-state index in [4.69, 9.17) is 32.7 Å². The lowest BCUT2D eigenvalue weighted by atomic mass is 10.1. The van der Waals surface area contributed by atoms with Gasteiger partial charge in [0.25, 0.3) is 11.1 Å². The number of carbonyl (C=O) groups is 3. The van der Waals surface area contributed by atoms with Crippen molar-refractivity contribution in [2.75, 3.05) is 18.5 Å². The highest BCUT2D eigenvalue weighted by Gasteiger charge is 2.36. The van der Waals surface area contributed by atoms with E-state index >= 15 is 0 Å². The number of thioether (sulfide) groups is 1. The molecule has 1 N–H and O–H groups in total. The van der Waals surface area contributed by atoms with Crippen molar-refractivity contribution < 1.29 is 23.9 Å². The molecule has 4 aromatic carbocycles. The van der Waals surface area contributed by atoms with E-state index in [9.17, 15) is 14.4 Å². The van der Waals surface area contributed by atoms with Gasteiger partial charge in [-0.05, 0) is 77.0 Å². The Balaban J connectivity index is 1.31. The van der Waals surface area contributed by atoms with Crippen molar-refractivity contribution in [1.82, 2.24) is 4.90 Å². The molecule has 5 rings (SSSR count). The molecule has 0 spiro atoms. The molecule has 1 aliphatic heterocycles. The van der Waals surface area contributed by atoms with E-state index in [0.717, 1.165) is 33.0 Å². The Hall–Kier alpha value is -3.98. The fraction of sp³-hybridized carbons (Fsp3) is 0.129. The van der Waals surface area contributed by atoms with Gasteiger partial charge in [0.2, 0.25) is 5.91 Å². The smallest absolute Gasteiger partial charge is 0.294 e. The zero-order valence-electron chi connectivity index (χ0n) is 21.9. The molecule has 1 fully saturated rings. The van der Waals surface area contributed by atoms with Gasteiger partial charge in [-0.25, -0.2) is 0 Å². The number of nitrogens with one attached hydrogen (secondary N) is 1. The van der Waals surface area contributed by atoms with Gasteiger partial charge in [0, 0.05) is 0 Å². The third kappa shape index (κ3) is 6.68. The molecule has 0 atom stereocenters. The van der Waals surface area contributed by atoms with Crippen molar-refractivity contribution in [3.8, 4) is 11.5 Å². The molecule has 0 saturated carbocycles. The van der Waals surface area contributed by atoms with Crippen LogP contribution in [0.3, 0.4) is 0 Å². The second kappa shape index (κ2) is 12.7. The number of anilines is 1. The lowest BCUT2D eigenvalue weighted by Gasteiger charge is -2.15. The molecule has 0 bridgehead atoms. The third-order valence-electron chi connectivity index (χ3n) is 6.15. The van der Waals surface area contributed by atoms with Gasteiger partial charge in [-0.3, -0.25) is 19.3 Å². The van der Waals surface area contributed by atoms with Crippen LogP contribution in [-0.2, 0) is 16.2 Å². The van der Waals surface area contributed by atoms with E-state index in [0.29, 0.717) is 39.4 Å². The number of benzene rings is 4. The second-order valence-electron chi connectivity index (χ2n) is 9.03. The monoisotopic (exact) mass is 606 g/mol. The zero-order valence-corrected chi connectivity index (χ0v) is 24.2. The zero-order chi connectivity index (χ0) is 28.9. The molecule has 1 heterocycles. The summed E-state index contributed by atoms with van der Waals surface area (Å²) in [4.78, 5) is 39.1. The van der Waals surface area contributed by atoms with Crippen LogP contribution in [0.2, 0.25) is 10.0 Å². The van der Waals surface area contributed by atoms with Gasteiger partial charge in [-0.1, -0.05) is 71.7 Å². The largest absolute Gasteiger partial charge is 0.490 e. The number of amides is 3. The van der Waals surface area contributed by atoms with Gasteiger partial charge in [0.15, 0.2) is 11.5 Å². The Morgan fingerprint density at radius 1 is 0.927 bits per heavy atom. The number of imide groups is 1. The molecule has 0 radical (unpaired) electrons. The van der Waals surface area contributed by atoms with Crippen LogP contribution >= 0.6 is 35.0 Å². The molecule has 0 unspecified atom stereocenters. The van der Waals surface area contributed by atoms with E-state index in [1.807, 2.05) is 43.3 Å². The molecule has 4 aromatic rings. The van der Waals surface area contributed by atoms with Crippen molar-refractivity contribution in [2.24, 2.45) is 0 Å². The Labute approximate surface area is 251 Å². The molecule has 3 amide bonds. The number of rotatable bonds is 9. The molecule has 1 aliphatic rings. The van der Waals surface area contributed by atoms with Crippen molar-refractivity contribution in [1.29, 1.82) is 0 Å². The molecular formula is C31H24Cl2N2O5S. The van der Waals surface area contributed by atoms with E-state index < -0.39 is 23.6 Å². The quantitative estimate of drug-likeness (QED) is 0.196. The van der Waals surface area contributed by atoms with E-state index in [1.165, 1.54) is 0 Å². The van der Waals surface area contributed by atoms with Crippen LogP contribution in [0.1, 0.15) is 18.1 Å². The van der Waals surface area contributed by atoms with Crippen LogP contribution in [0.5, 0.6) is 11.5 Å². The molecule has 1 saturated heterocycles. The minimum Gasteiger partial charge on any atom is -0.490 e. The molecule has 0 aromatic heterocycles. The maximum Gasteiger partial charge on any atom is 0.294 e. The van der Waals surface area contributed by atoms with Gasteiger partial charge in [0.05, 0.1) is 27.2 Å². The number of fused-ring (bicyclic) bond motifs is 1. The molecule has 41 heavy (non-hydrogen) atoms. The van der Waals surface area contributed by atoms with Crippen LogP contribution in [0.25, 0.3) is 16.8 Å². The highest BCUT2D eigenvalue weighted by atomic mass is 35.5. The first-order valence-electron chi connectivity index (χ1n) is 12.7. The maximum atomic E-state index is 13.0. The predicted octanol–water partition coefficient (Wildman–Crippen LogP) is 7.80. The minimum absolute atomic E-state index is 0.156. The summed E-state index contributed by atoms with van der Waals surface area (Å²) in [5.41, 5.74) is 1.91. The van der Waals surface area contributed by atoms with E-state index in [1.54, 1.807) is 42.5 Å². The number of ether oxygens (including phenoxy) is 2. The Bertz CT molecular complexity index is 1690. The summed E-state index contributed by atoms with van der Waals surface area (Å²) in [6.45, 7) is 2.04. The molecule has 10 heteroatoms. The average Bonchev–Trinajstić information content (AvgIpc) is 3.21. The number of halogens is 2. The molecule has 208 valence electrons. The molecular weight excluding hydrogens is 583 g/mol. The number of carbonyl (C=O) groups excluding carboxylic acids is 3. The van der Waals surface area contributed by atoms with Gasteiger partial charge in [0.1, 0.15) is 13.2 Å². The maximum absolute atomic E-state index is 13.0. The lowest BCUT2D eigenvalue weighted by molar-refractivity contribution is -0.127. The van der Waals surface area contributed by atoms with Crippen LogP contribution in [-0.4, -0.2) is 35.1 Å². The Kier molecular flexibility index (Phi) is 8.83. The number of nitrogens with zero attached hydrogens (tertiary/aromatic N) is 1. The van der Waals surface area contributed by atoms with Gasteiger partial charge < -0.3 is 14.8 Å². The standard InChI is InChI=1S/C31H24Cl2N2O5S/c1-2-39-26-15-20(14-24(33)29(26)40-18-19-11-12-21-7-3-4-8-22(21)13-19)16-27-30(37)35(31(38)41-27)17-28(36)34-25-10-6-5-9-23(25)32/h3-16H,2,17-18H2,1H3,(H,34,36)/b27-16+. The molecule has 0 aliphatic carbocycles.